The van der Waals surface area contributed by atoms with Gasteiger partial charge in [-0.3, -0.25) is 0 Å². The number of aromatic carboxylic acids is 1. The summed E-state index contributed by atoms with van der Waals surface area (Å²) in [5.74, 6) is 0.694. The first-order chi connectivity index (χ1) is 11.2. The Morgan fingerprint density at radius 3 is 2.35 bits per heavy atom. The third kappa shape index (κ3) is 4.02. The first-order valence-electron chi connectivity index (χ1n) is 7.64. The van der Waals surface area contributed by atoms with Crippen LogP contribution < -0.4 is 14.8 Å². The molecular formula is C18H19NO4. The highest BCUT2D eigenvalue weighted by atomic mass is 16.5. The Morgan fingerprint density at radius 2 is 1.61 bits per heavy atom. The highest BCUT2D eigenvalue weighted by molar-refractivity contribution is 5.87. The van der Waals surface area contributed by atoms with Crippen LogP contribution in [-0.2, 0) is 13.1 Å². The number of benzene rings is 2. The van der Waals surface area contributed by atoms with Gasteiger partial charge >= 0.3 is 5.97 Å². The highest BCUT2D eigenvalue weighted by Crippen LogP contribution is 2.30. The van der Waals surface area contributed by atoms with Gasteiger partial charge in [0.1, 0.15) is 0 Å². The van der Waals surface area contributed by atoms with Crippen molar-refractivity contribution in [2.45, 2.75) is 19.5 Å². The molecule has 0 radical (unpaired) electrons. The Balaban J connectivity index is 1.56. The van der Waals surface area contributed by atoms with Gasteiger partial charge in [-0.25, -0.2) is 4.79 Å². The molecule has 0 atom stereocenters. The van der Waals surface area contributed by atoms with E-state index in [1.54, 1.807) is 12.1 Å². The molecule has 0 aliphatic carbocycles. The van der Waals surface area contributed by atoms with Gasteiger partial charge in [0.2, 0.25) is 0 Å². The van der Waals surface area contributed by atoms with Crippen LogP contribution in [0, 0.1) is 0 Å². The second-order valence-electron chi connectivity index (χ2n) is 5.44. The van der Waals surface area contributed by atoms with Crippen molar-refractivity contribution in [2.75, 3.05) is 13.2 Å². The van der Waals surface area contributed by atoms with E-state index in [4.69, 9.17) is 14.6 Å². The number of hydrogen-bond acceptors (Lipinski definition) is 4. The second kappa shape index (κ2) is 7.15. The molecule has 1 aliphatic heterocycles. The van der Waals surface area contributed by atoms with Crippen LogP contribution in [0.3, 0.4) is 0 Å². The zero-order chi connectivity index (χ0) is 16.1. The molecular weight excluding hydrogens is 294 g/mol. The number of rotatable bonds is 5. The van der Waals surface area contributed by atoms with Gasteiger partial charge in [-0.15, -0.1) is 0 Å². The second-order valence-corrected chi connectivity index (χ2v) is 5.44. The van der Waals surface area contributed by atoms with E-state index in [0.29, 0.717) is 31.9 Å². The van der Waals surface area contributed by atoms with Crippen molar-refractivity contribution in [1.82, 2.24) is 5.32 Å². The van der Waals surface area contributed by atoms with Crippen molar-refractivity contribution in [2.24, 2.45) is 0 Å². The number of nitrogens with one attached hydrogen (secondary N) is 1. The Kier molecular flexibility index (Phi) is 4.78. The average Bonchev–Trinajstić information content (AvgIpc) is 2.80. The number of carboxylic acids is 1. The first-order valence-corrected chi connectivity index (χ1v) is 7.64. The lowest BCUT2D eigenvalue weighted by atomic mass is 10.1. The van der Waals surface area contributed by atoms with E-state index in [9.17, 15) is 4.79 Å². The lowest BCUT2D eigenvalue weighted by molar-refractivity contribution is 0.0697. The summed E-state index contributed by atoms with van der Waals surface area (Å²) < 4.78 is 11.3. The summed E-state index contributed by atoms with van der Waals surface area (Å²) >= 11 is 0. The van der Waals surface area contributed by atoms with Gasteiger partial charge in [0.15, 0.2) is 11.5 Å². The van der Waals surface area contributed by atoms with E-state index in [-0.39, 0.29) is 0 Å². The molecule has 2 aromatic carbocycles. The molecule has 0 saturated heterocycles. The molecule has 5 nitrogen and oxygen atoms in total. The van der Waals surface area contributed by atoms with Crippen LogP contribution in [0.2, 0.25) is 0 Å². The zero-order valence-electron chi connectivity index (χ0n) is 12.7. The predicted molar refractivity (Wildman–Crippen MR) is 86.0 cm³/mol. The molecule has 5 heteroatoms. The third-order valence-corrected chi connectivity index (χ3v) is 3.67. The van der Waals surface area contributed by atoms with Crippen molar-refractivity contribution in [3.8, 4) is 11.5 Å². The maximum absolute atomic E-state index is 10.8. The van der Waals surface area contributed by atoms with Gasteiger partial charge in [0.25, 0.3) is 0 Å². The van der Waals surface area contributed by atoms with Gasteiger partial charge in [-0.05, 0) is 35.4 Å². The maximum atomic E-state index is 10.8. The molecule has 3 rings (SSSR count). The zero-order valence-corrected chi connectivity index (χ0v) is 12.7. The minimum atomic E-state index is -0.906. The van der Waals surface area contributed by atoms with Crippen molar-refractivity contribution < 1.29 is 19.4 Å². The molecule has 1 heterocycles. The molecule has 0 aromatic heterocycles. The van der Waals surface area contributed by atoms with Gasteiger partial charge in [0, 0.05) is 19.5 Å². The summed E-state index contributed by atoms with van der Waals surface area (Å²) in [7, 11) is 0. The lowest BCUT2D eigenvalue weighted by Crippen LogP contribution is -2.13. The van der Waals surface area contributed by atoms with Crippen LogP contribution in [-0.4, -0.2) is 24.3 Å². The molecule has 23 heavy (non-hydrogen) atoms. The molecule has 120 valence electrons. The van der Waals surface area contributed by atoms with E-state index >= 15 is 0 Å². The molecule has 0 spiro atoms. The largest absolute Gasteiger partial charge is 0.490 e. The lowest BCUT2D eigenvalue weighted by Gasteiger charge is -2.10. The van der Waals surface area contributed by atoms with Crippen LogP contribution in [0.25, 0.3) is 0 Å². The van der Waals surface area contributed by atoms with Crippen LogP contribution in [0.5, 0.6) is 11.5 Å². The Labute approximate surface area is 134 Å². The summed E-state index contributed by atoms with van der Waals surface area (Å²) in [6, 6.07) is 12.9. The van der Waals surface area contributed by atoms with Crippen molar-refractivity contribution >= 4 is 5.97 Å². The number of ether oxygens (including phenoxy) is 2. The van der Waals surface area contributed by atoms with E-state index in [2.05, 4.69) is 5.32 Å². The summed E-state index contributed by atoms with van der Waals surface area (Å²) in [4.78, 5) is 10.8. The number of carboxylic acid groups (broad SMARTS) is 1. The summed E-state index contributed by atoms with van der Waals surface area (Å²) in [5.41, 5.74) is 2.47. The van der Waals surface area contributed by atoms with Crippen LogP contribution in [0.4, 0.5) is 0 Å². The molecule has 0 amide bonds. The fourth-order valence-corrected chi connectivity index (χ4v) is 2.43. The fourth-order valence-electron chi connectivity index (χ4n) is 2.43. The molecule has 2 aromatic rings. The van der Waals surface area contributed by atoms with Crippen molar-refractivity contribution in [3.63, 3.8) is 0 Å². The van der Waals surface area contributed by atoms with Crippen LogP contribution in [0.1, 0.15) is 27.9 Å². The van der Waals surface area contributed by atoms with E-state index < -0.39 is 5.97 Å². The van der Waals surface area contributed by atoms with Crippen molar-refractivity contribution in [1.29, 1.82) is 0 Å². The predicted octanol–water partition coefficient (Wildman–Crippen LogP) is 2.84. The molecule has 0 unspecified atom stereocenters. The molecule has 0 bridgehead atoms. The molecule has 1 aliphatic rings. The summed E-state index contributed by atoms with van der Waals surface area (Å²) in [6.45, 7) is 2.75. The third-order valence-electron chi connectivity index (χ3n) is 3.67. The number of fused-ring (bicyclic) bond motifs is 1. The average molecular weight is 313 g/mol. The van der Waals surface area contributed by atoms with Crippen LogP contribution in [0.15, 0.2) is 42.5 Å². The topological polar surface area (TPSA) is 67.8 Å². The quantitative estimate of drug-likeness (QED) is 0.888. The summed E-state index contributed by atoms with van der Waals surface area (Å²) in [6.07, 6.45) is 0.897. The number of carbonyl (C=O) groups is 1. The Hall–Kier alpha value is -2.53. The minimum Gasteiger partial charge on any atom is -0.490 e. The summed E-state index contributed by atoms with van der Waals surface area (Å²) in [5, 5.41) is 12.2. The molecule has 0 saturated carbocycles. The van der Waals surface area contributed by atoms with Crippen LogP contribution >= 0.6 is 0 Å². The normalized spacial score (nSPS) is 13.4. The SMILES string of the molecule is O=C(O)c1ccc(CNCc2ccc3c(c2)OCCCO3)cc1. The standard InChI is InChI=1S/C18H19NO4/c20-18(21)15-5-2-13(3-6-15)11-19-12-14-4-7-16-17(10-14)23-9-1-8-22-16/h2-7,10,19H,1,8-9,11-12H2,(H,20,21). The van der Waals surface area contributed by atoms with E-state index in [1.165, 1.54) is 0 Å². The monoisotopic (exact) mass is 313 g/mol. The van der Waals surface area contributed by atoms with Gasteiger partial charge in [-0.1, -0.05) is 18.2 Å². The fraction of sp³-hybridized carbons (Fsp3) is 0.278. The Morgan fingerprint density at radius 1 is 0.957 bits per heavy atom. The Bertz CT molecular complexity index is 682. The molecule has 2 N–H and O–H groups in total. The highest BCUT2D eigenvalue weighted by Gasteiger charge is 2.10. The van der Waals surface area contributed by atoms with E-state index in [0.717, 1.165) is 29.0 Å². The van der Waals surface area contributed by atoms with Crippen molar-refractivity contribution in [3.05, 3.63) is 59.2 Å². The van der Waals surface area contributed by atoms with Gasteiger partial charge in [0.05, 0.1) is 18.8 Å². The van der Waals surface area contributed by atoms with Gasteiger partial charge in [-0.2, -0.15) is 0 Å². The number of hydrogen-bond donors (Lipinski definition) is 2. The van der Waals surface area contributed by atoms with E-state index in [1.807, 2.05) is 30.3 Å². The molecule has 0 fully saturated rings. The maximum Gasteiger partial charge on any atom is 0.335 e. The first kappa shape index (κ1) is 15.4. The smallest absolute Gasteiger partial charge is 0.335 e. The van der Waals surface area contributed by atoms with Gasteiger partial charge < -0.3 is 19.9 Å². The minimum absolute atomic E-state index is 0.302.